The Morgan fingerprint density at radius 1 is 1.20 bits per heavy atom. The molecule has 3 rings (SSSR count). The molecule has 0 radical (unpaired) electrons. The molecule has 2 aromatic rings. The second-order valence-corrected chi connectivity index (χ2v) is 6.76. The molecule has 0 spiro atoms. The van der Waals surface area contributed by atoms with E-state index in [1.165, 1.54) is 12.1 Å². The molecular formula is C18H15Cl2FN2O2. The van der Waals surface area contributed by atoms with Crippen LogP contribution in [-0.4, -0.2) is 23.3 Å². The highest BCUT2D eigenvalue weighted by Crippen LogP contribution is 2.27. The van der Waals surface area contributed by atoms with Crippen LogP contribution >= 0.6 is 23.2 Å². The third-order valence-corrected chi connectivity index (χ3v) is 4.61. The van der Waals surface area contributed by atoms with Crippen molar-refractivity contribution in [2.24, 2.45) is 5.92 Å². The SMILES string of the molecule is O=C(Nc1ccc(Cl)cc1Cl)C1CC(=O)N(Cc2ccc(F)cc2)C1. The van der Waals surface area contributed by atoms with Gasteiger partial charge in [0, 0.05) is 24.5 Å². The van der Waals surface area contributed by atoms with Crippen molar-refractivity contribution in [3.63, 3.8) is 0 Å². The van der Waals surface area contributed by atoms with Gasteiger partial charge in [0.05, 0.1) is 16.6 Å². The van der Waals surface area contributed by atoms with Crippen LogP contribution in [0.15, 0.2) is 42.5 Å². The summed E-state index contributed by atoms with van der Waals surface area (Å²) in [4.78, 5) is 26.2. The fraction of sp³-hybridized carbons (Fsp3) is 0.222. The minimum absolute atomic E-state index is 0.105. The van der Waals surface area contributed by atoms with Crippen LogP contribution in [0.25, 0.3) is 0 Å². The molecule has 7 heteroatoms. The van der Waals surface area contributed by atoms with Gasteiger partial charge in [-0.1, -0.05) is 35.3 Å². The Labute approximate surface area is 154 Å². The summed E-state index contributed by atoms with van der Waals surface area (Å²) in [5.74, 6) is -1.15. The van der Waals surface area contributed by atoms with E-state index in [1.807, 2.05) is 0 Å². The molecule has 1 fully saturated rings. The van der Waals surface area contributed by atoms with Crippen LogP contribution in [0.2, 0.25) is 10.0 Å². The third-order valence-electron chi connectivity index (χ3n) is 4.06. The van der Waals surface area contributed by atoms with E-state index >= 15 is 0 Å². The zero-order chi connectivity index (χ0) is 18.0. The number of halogens is 3. The monoisotopic (exact) mass is 380 g/mol. The van der Waals surface area contributed by atoms with Gasteiger partial charge in [-0.25, -0.2) is 4.39 Å². The predicted octanol–water partition coefficient (Wildman–Crippen LogP) is 4.12. The topological polar surface area (TPSA) is 49.4 Å². The molecule has 0 saturated carbocycles. The molecule has 0 aliphatic carbocycles. The fourth-order valence-electron chi connectivity index (χ4n) is 2.74. The van der Waals surface area contributed by atoms with Gasteiger partial charge in [-0.2, -0.15) is 0 Å². The average Bonchev–Trinajstić information content (AvgIpc) is 2.93. The highest BCUT2D eigenvalue weighted by Gasteiger charge is 2.34. The molecule has 0 bridgehead atoms. The van der Waals surface area contributed by atoms with Gasteiger partial charge in [0.25, 0.3) is 0 Å². The summed E-state index contributed by atoms with van der Waals surface area (Å²) in [5, 5.41) is 3.55. The Hall–Kier alpha value is -2.11. The number of nitrogens with zero attached hydrogens (tertiary/aromatic N) is 1. The van der Waals surface area contributed by atoms with Crippen LogP contribution in [0.3, 0.4) is 0 Å². The molecule has 1 saturated heterocycles. The number of hydrogen-bond donors (Lipinski definition) is 1. The molecule has 1 heterocycles. The Morgan fingerprint density at radius 2 is 1.92 bits per heavy atom. The normalized spacial score (nSPS) is 17.0. The molecule has 0 aromatic heterocycles. The second-order valence-electron chi connectivity index (χ2n) is 5.92. The van der Waals surface area contributed by atoms with Gasteiger partial charge in [-0.15, -0.1) is 0 Å². The molecule has 2 amide bonds. The Kier molecular flexibility index (Phi) is 5.25. The van der Waals surface area contributed by atoms with Crippen molar-refractivity contribution in [1.29, 1.82) is 0 Å². The van der Waals surface area contributed by atoms with Crippen LogP contribution in [-0.2, 0) is 16.1 Å². The predicted molar refractivity (Wildman–Crippen MR) is 95.0 cm³/mol. The summed E-state index contributed by atoms with van der Waals surface area (Å²) >= 11 is 11.9. The van der Waals surface area contributed by atoms with E-state index in [0.29, 0.717) is 28.8 Å². The van der Waals surface area contributed by atoms with Gasteiger partial charge >= 0.3 is 0 Å². The summed E-state index contributed by atoms with van der Waals surface area (Å²) < 4.78 is 13.0. The number of hydrogen-bond acceptors (Lipinski definition) is 2. The molecule has 130 valence electrons. The third kappa shape index (κ3) is 4.30. The molecule has 1 N–H and O–H groups in total. The number of amides is 2. The first kappa shape index (κ1) is 17.7. The van der Waals surface area contributed by atoms with E-state index in [0.717, 1.165) is 5.56 Å². The van der Waals surface area contributed by atoms with E-state index in [1.54, 1.807) is 35.2 Å². The van der Waals surface area contributed by atoms with Gasteiger partial charge in [-0.3, -0.25) is 9.59 Å². The first-order chi connectivity index (χ1) is 11.9. The smallest absolute Gasteiger partial charge is 0.229 e. The summed E-state index contributed by atoms with van der Waals surface area (Å²) in [6.07, 6.45) is 0.137. The lowest BCUT2D eigenvalue weighted by atomic mass is 10.1. The zero-order valence-electron chi connectivity index (χ0n) is 13.1. The molecule has 4 nitrogen and oxygen atoms in total. The number of nitrogens with one attached hydrogen (secondary N) is 1. The number of anilines is 1. The van der Waals surface area contributed by atoms with Crippen molar-refractivity contribution in [2.45, 2.75) is 13.0 Å². The van der Waals surface area contributed by atoms with Crippen molar-refractivity contribution in [3.05, 3.63) is 63.9 Å². The molecule has 25 heavy (non-hydrogen) atoms. The Bertz CT molecular complexity index is 811. The highest BCUT2D eigenvalue weighted by atomic mass is 35.5. The first-order valence-electron chi connectivity index (χ1n) is 7.70. The van der Waals surface area contributed by atoms with E-state index in [2.05, 4.69) is 5.32 Å². The lowest BCUT2D eigenvalue weighted by Crippen LogP contribution is -2.28. The number of benzene rings is 2. The average molecular weight is 381 g/mol. The summed E-state index contributed by atoms with van der Waals surface area (Å²) in [6.45, 7) is 0.665. The summed E-state index contributed by atoms with van der Waals surface area (Å²) in [6, 6.07) is 10.7. The van der Waals surface area contributed by atoms with Crippen LogP contribution in [0.5, 0.6) is 0 Å². The van der Waals surface area contributed by atoms with Gasteiger partial charge in [0.2, 0.25) is 11.8 Å². The van der Waals surface area contributed by atoms with Gasteiger partial charge in [-0.05, 0) is 35.9 Å². The number of carbonyl (C=O) groups excluding carboxylic acids is 2. The molecule has 1 unspecified atom stereocenters. The van der Waals surface area contributed by atoms with Crippen molar-refractivity contribution in [1.82, 2.24) is 4.90 Å². The molecule has 1 aliphatic heterocycles. The second kappa shape index (κ2) is 7.42. The molecule has 1 aliphatic rings. The summed E-state index contributed by atoms with van der Waals surface area (Å²) in [5.41, 5.74) is 1.28. The van der Waals surface area contributed by atoms with E-state index in [-0.39, 0.29) is 24.1 Å². The van der Waals surface area contributed by atoms with Crippen molar-refractivity contribution in [3.8, 4) is 0 Å². The lowest BCUT2D eigenvalue weighted by molar-refractivity contribution is -0.128. The Morgan fingerprint density at radius 3 is 2.60 bits per heavy atom. The standard InChI is InChI=1S/C18H15Cl2FN2O2/c19-13-3-6-16(15(20)8-13)22-18(25)12-7-17(24)23(10-12)9-11-1-4-14(21)5-2-11/h1-6,8,12H,7,9-10H2,(H,22,25). The van der Waals surface area contributed by atoms with Crippen LogP contribution in [0, 0.1) is 11.7 Å². The first-order valence-corrected chi connectivity index (χ1v) is 8.46. The minimum Gasteiger partial charge on any atom is -0.338 e. The lowest BCUT2D eigenvalue weighted by Gasteiger charge is -2.17. The van der Waals surface area contributed by atoms with Crippen molar-refractivity contribution >= 4 is 40.7 Å². The quantitative estimate of drug-likeness (QED) is 0.866. The van der Waals surface area contributed by atoms with E-state index in [4.69, 9.17) is 23.2 Å². The van der Waals surface area contributed by atoms with Crippen molar-refractivity contribution < 1.29 is 14.0 Å². The number of carbonyl (C=O) groups is 2. The minimum atomic E-state index is -0.459. The Balaban J connectivity index is 1.63. The highest BCUT2D eigenvalue weighted by molar-refractivity contribution is 6.36. The maximum absolute atomic E-state index is 13.0. The van der Waals surface area contributed by atoms with Crippen LogP contribution < -0.4 is 5.32 Å². The summed E-state index contributed by atoms with van der Waals surface area (Å²) in [7, 11) is 0. The van der Waals surface area contributed by atoms with Gasteiger partial charge in [0.15, 0.2) is 0 Å². The number of rotatable bonds is 4. The molecular weight excluding hydrogens is 366 g/mol. The zero-order valence-corrected chi connectivity index (χ0v) is 14.6. The van der Waals surface area contributed by atoms with E-state index < -0.39 is 5.92 Å². The van der Waals surface area contributed by atoms with Crippen LogP contribution in [0.1, 0.15) is 12.0 Å². The number of likely N-dealkylation sites (tertiary alicyclic amines) is 1. The van der Waals surface area contributed by atoms with Crippen LogP contribution in [0.4, 0.5) is 10.1 Å². The molecule has 2 aromatic carbocycles. The van der Waals surface area contributed by atoms with Gasteiger partial charge < -0.3 is 10.2 Å². The van der Waals surface area contributed by atoms with E-state index in [9.17, 15) is 14.0 Å². The molecule has 1 atom stereocenters. The van der Waals surface area contributed by atoms with Gasteiger partial charge in [0.1, 0.15) is 5.82 Å². The van der Waals surface area contributed by atoms with Crippen molar-refractivity contribution in [2.75, 3.05) is 11.9 Å². The largest absolute Gasteiger partial charge is 0.338 e. The fourth-order valence-corrected chi connectivity index (χ4v) is 3.19. The maximum Gasteiger partial charge on any atom is 0.229 e. The maximum atomic E-state index is 13.0.